The quantitative estimate of drug-likeness (QED) is 0.822. The van der Waals surface area contributed by atoms with Crippen molar-refractivity contribution in [2.75, 3.05) is 19.7 Å². The van der Waals surface area contributed by atoms with Gasteiger partial charge >= 0.3 is 5.97 Å². The van der Waals surface area contributed by atoms with Crippen LogP contribution in [0.5, 0.6) is 0 Å². The minimum atomic E-state index is -0.428. The first-order valence-electron chi connectivity index (χ1n) is 6.35. The second-order valence-corrected chi connectivity index (χ2v) is 4.52. The van der Waals surface area contributed by atoms with Crippen molar-refractivity contribution < 1.29 is 19.1 Å². The number of ether oxygens (including phenoxy) is 1. The number of piperidine rings is 1. The van der Waals surface area contributed by atoms with E-state index in [1.54, 1.807) is 19.1 Å². The number of aliphatic hydroxyl groups is 1. The summed E-state index contributed by atoms with van der Waals surface area (Å²) in [5, 5.41) is 9.57. The minimum Gasteiger partial charge on any atom is -0.460 e. The lowest BCUT2D eigenvalue weighted by atomic mass is 10.1. The van der Waals surface area contributed by atoms with E-state index in [2.05, 4.69) is 4.90 Å². The molecule has 1 aromatic heterocycles. The van der Waals surface area contributed by atoms with Crippen LogP contribution in [0.3, 0.4) is 0 Å². The second kappa shape index (κ2) is 6.02. The molecule has 0 radical (unpaired) electrons. The number of likely N-dealkylation sites (tertiary alicyclic amines) is 1. The van der Waals surface area contributed by atoms with E-state index in [9.17, 15) is 9.90 Å². The molecule has 1 aliphatic rings. The first kappa shape index (κ1) is 13.1. The van der Waals surface area contributed by atoms with Crippen LogP contribution in [0.15, 0.2) is 16.5 Å². The Hall–Kier alpha value is -1.33. The number of esters is 1. The molecule has 5 nitrogen and oxygen atoms in total. The van der Waals surface area contributed by atoms with Crippen LogP contribution in [0.1, 0.15) is 36.1 Å². The van der Waals surface area contributed by atoms with E-state index in [1.807, 2.05) is 0 Å². The van der Waals surface area contributed by atoms with Gasteiger partial charge in [0.2, 0.25) is 5.76 Å². The zero-order chi connectivity index (χ0) is 13.0. The molecule has 0 bridgehead atoms. The first-order valence-corrected chi connectivity index (χ1v) is 6.35. The molecule has 0 aromatic carbocycles. The van der Waals surface area contributed by atoms with E-state index < -0.39 is 5.97 Å². The maximum absolute atomic E-state index is 11.4. The first-order chi connectivity index (χ1) is 8.69. The third-order valence-corrected chi connectivity index (χ3v) is 3.00. The monoisotopic (exact) mass is 253 g/mol. The number of carbonyl (C=O) groups is 1. The molecule has 0 amide bonds. The van der Waals surface area contributed by atoms with E-state index in [1.165, 1.54) is 0 Å². The average molecular weight is 253 g/mol. The fraction of sp³-hybridized carbons (Fsp3) is 0.615. The van der Waals surface area contributed by atoms with Gasteiger partial charge in [-0.05, 0) is 38.4 Å². The normalized spacial score (nSPS) is 20.9. The molecular formula is C13H19NO4. The number of β-amino-alcohol motifs (C(OH)–C–C–N with tert-alkyl or cyclic N) is 1. The summed E-state index contributed by atoms with van der Waals surface area (Å²) in [5.41, 5.74) is 0. The number of hydrogen-bond donors (Lipinski definition) is 1. The second-order valence-electron chi connectivity index (χ2n) is 4.52. The summed E-state index contributed by atoms with van der Waals surface area (Å²) in [6.07, 6.45) is 1.60. The predicted molar refractivity (Wildman–Crippen MR) is 65.2 cm³/mol. The Morgan fingerprint density at radius 1 is 1.61 bits per heavy atom. The van der Waals surface area contributed by atoms with Crippen LogP contribution in [0.4, 0.5) is 0 Å². The molecular weight excluding hydrogens is 234 g/mol. The zero-order valence-corrected chi connectivity index (χ0v) is 10.6. The highest BCUT2D eigenvalue weighted by Gasteiger charge is 2.19. The Labute approximate surface area is 106 Å². The van der Waals surface area contributed by atoms with E-state index in [0.717, 1.165) is 25.1 Å². The summed E-state index contributed by atoms with van der Waals surface area (Å²) in [6.45, 7) is 4.34. The third kappa shape index (κ3) is 3.34. The molecule has 1 saturated heterocycles. The smallest absolute Gasteiger partial charge is 0.374 e. The van der Waals surface area contributed by atoms with Gasteiger partial charge in [0.25, 0.3) is 0 Å². The zero-order valence-electron chi connectivity index (χ0n) is 10.6. The van der Waals surface area contributed by atoms with Gasteiger partial charge in [-0.1, -0.05) is 0 Å². The number of hydrogen-bond acceptors (Lipinski definition) is 5. The lowest BCUT2D eigenvalue weighted by Gasteiger charge is -2.29. The van der Waals surface area contributed by atoms with Crippen molar-refractivity contribution >= 4 is 5.97 Å². The highest BCUT2D eigenvalue weighted by molar-refractivity contribution is 5.86. The number of furan rings is 1. The van der Waals surface area contributed by atoms with Crippen LogP contribution in [0.2, 0.25) is 0 Å². The molecule has 1 unspecified atom stereocenters. The Bertz CT molecular complexity index is 401. The van der Waals surface area contributed by atoms with E-state index in [4.69, 9.17) is 9.15 Å². The van der Waals surface area contributed by atoms with Gasteiger partial charge in [-0.2, -0.15) is 0 Å². The van der Waals surface area contributed by atoms with Crippen LogP contribution in [0, 0.1) is 0 Å². The standard InChI is InChI=1S/C13H19NO4/c1-2-17-13(16)12-6-5-11(18-12)9-14-7-3-4-10(15)8-14/h5-6,10,15H,2-4,7-9H2,1H3. The fourth-order valence-corrected chi connectivity index (χ4v) is 2.17. The summed E-state index contributed by atoms with van der Waals surface area (Å²) < 4.78 is 10.3. The van der Waals surface area contributed by atoms with Crippen molar-refractivity contribution in [3.8, 4) is 0 Å². The SMILES string of the molecule is CCOC(=O)c1ccc(CN2CCCC(O)C2)o1. The lowest BCUT2D eigenvalue weighted by molar-refractivity contribution is 0.0474. The molecule has 2 heterocycles. The molecule has 1 N–H and O–H groups in total. The average Bonchev–Trinajstić information content (AvgIpc) is 2.78. The number of nitrogens with zero attached hydrogens (tertiary/aromatic N) is 1. The minimum absolute atomic E-state index is 0.240. The van der Waals surface area contributed by atoms with Gasteiger partial charge in [-0.15, -0.1) is 0 Å². The van der Waals surface area contributed by atoms with Gasteiger partial charge in [0.1, 0.15) is 5.76 Å². The van der Waals surface area contributed by atoms with Crippen LogP contribution >= 0.6 is 0 Å². The van der Waals surface area contributed by atoms with Gasteiger partial charge in [0.05, 0.1) is 19.3 Å². The molecule has 0 aliphatic carbocycles. The highest BCUT2D eigenvalue weighted by atomic mass is 16.5. The Morgan fingerprint density at radius 3 is 3.17 bits per heavy atom. The van der Waals surface area contributed by atoms with Crippen LogP contribution in [0.25, 0.3) is 0 Å². The summed E-state index contributed by atoms with van der Waals surface area (Å²) in [4.78, 5) is 13.6. The molecule has 0 saturated carbocycles. The predicted octanol–water partition coefficient (Wildman–Crippen LogP) is 1.41. The molecule has 1 aliphatic heterocycles. The summed E-state index contributed by atoms with van der Waals surface area (Å²) in [5.74, 6) is 0.541. The van der Waals surface area contributed by atoms with Gasteiger partial charge in [-0.25, -0.2) is 4.79 Å². The van der Waals surface area contributed by atoms with Crippen molar-refractivity contribution in [1.29, 1.82) is 0 Å². The number of aliphatic hydroxyl groups excluding tert-OH is 1. The Kier molecular flexibility index (Phi) is 4.38. The number of carbonyl (C=O) groups excluding carboxylic acids is 1. The molecule has 0 spiro atoms. The van der Waals surface area contributed by atoms with Crippen molar-refractivity contribution in [2.24, 2.45) is 0 Å². The van der Waals surface area contributed by atoms with Gasteiger partial charge in [0, 0.05) is 6.54 Å². The van der Waals surface area contributed by atoms with Crippen molar-refractivity contribution in [2.45, 2.75) is 32.4 Å². The third-order valence-electron chi connectivity index (χ3n) is 3.00. The molecule has 5 heteroatoms. The van der Waals surface area contributed by atoms with Crippen LogP contribution < -0.4 is 0 Å². The lowest BCUT2D eigenvalue weighted by Crippen LogP contribution is -2.37. The fourth-order valence-electron chi connectivity index (χ4n) is 2.17. The van der Waals surface area contributed by atoms with Crippen LogP contribution in [-0.2, 0) is 11.3 Å². The van der Waals surface area contributed by atoms with Crippen LogP contribution in [-0.4, -0.2) is 41.8 Å². The van der Waals surface area contributed by atoms with Gasteiger partial charge in [0.15, 0.2) is 0 Å². The summed E-state index contributed by atoms with van der Waals surface area (Å²) in [7, 11) is 0. The molecule has 1 fully saturated rings. The maximum atomic E-state index is 11.4. The molecule has 1 aromatic rings. The van der Waals surface area contributed by atoms with E-state index >= 15 is 0 Å². The van der Waals surface area contributed by atoms with Gasteiger partial charge in [-0.3, -0.25) is 4.90 Å². The summed E-state index contributed by atoms with van der Waals surface area (Å²) in [6, 6.07) is 3.42. The molecule has 18 heavy (non-hydrogen) atoms. The molecule has 1 atom stereocenters. The Morgan fingerprint density at radius 2 is 2.44 bits per heavy atom. The van der Waals surface area contributed by atoms with E-state index in [0.29, 0.717) is 19.7 Å². The van der Waals surface area contributed by atoms with E-state index in [-0.39, 0.29) is 11.9 Å². The van der Waals surface area contributed by atoms with Gasteiger partial charge < -0.3 is 14.3 Å². The number of rotatable bonds is 4. The maximum Gasteiger partial charge on any atom is 0.374 e. The van der Waals surface area contributed by atoms with Crippen molar-refractivity contribution in [3.63, 3.8) is 0 Å². The molecule has 2 rings (SSSR count). The van der Waals surface area contributed by atoms with Crippen molar-refractivity contribution in [3.05, 3.63) is 23.7 Å². The Balaban J connectivity index is 1.91. The largest absolute Gasteiger partial charge is 0.460 e. The topological polar surface area (TPSA) is 62.9 Å². The summed E-state index contributed by atoms with van der Waals surface area (Å²) >= 11 is 0. The highest BCUT2D eigenvalue weighted by Crippen LogP contribution is 2.16. The molecule has 100 valence electrons. The van der Waals surface area contributed by atoms with Crippen molar-refractivity contribution in [1.82, 2.24) is 4.90 Å².